The highest BCUT2D eigenvalue weighted by molar-refractivity contribution is 6.23. The third-order valence-corrected chi connectivity index (χ3v) is 5.19. The molecule has 2 aliphatic rings. The van der Waals surface area contributed by atoms with Crippen LogP contribution in [0.1, 0.15) is 59.7 Å². The van der Waals surface area contributed by atoms with Crippen LogP contribution >= 0.6 is 0 Å². The number of imide groups is 1. The number of nitro benzene ring substituents is 1. The Morgan fingerprint density at radius 1 is 1.27 bits per heavy atom. The lowest BCUT2D eigenvalue weighted by Gasteiger charge is -2.29. The summed E-state index contributed by atoms with van der Waals surface area (Å²) in [6.45, 7) is 2.02. The van der Waals surface area contributed by atoms with Crippen LogP contribution in [0.3, 0.4) is 0 Å². The second-order valence-corrected chi connectivity index (χ2v) is 6.90. The Morgan fingerprint density at radius 2 is 2.00 bits per heavy atom. The summed E-state index contributed by atoms with van der Waals surface area (Å²) in [7, 11) is 0. The molecule has 0 bridgehead atoms. The van der Waals surface area contributed by atoms with E-state index in [2.05, 4.69) is 12.2 Å². The maximum absolute atomic E-state index is 12.5. The Bertz CT molecular complexity index is 776. The van der Waals surface area contributed by atoms with Gasteiger partial charge in [-0.3, -0.25) is 29.4 Å². The van der Waals surface area contributed by atoms with Crippen LogP contribution in [0.2, 0.25) is 0 Å². The fraction of sp³-hybridized carbons (Fsp3) is 0.500. The van der Waals surface area contributed by atoms with Crippen LogP contribution in [0.15, 0.2) is 18.2 Å². The Hall–Kier alpha value is -2.77. The molecule has 1 heterocycles. The highest BCUT2D eigenvalue weighted by atomic mass is 16.6. The van der Waals surface area contributed by atoms with Gasteiger partial charge in [-0.15, -0.1) is 0 Å². The molecule has 138 valence electrons. The van der Waals surface area contributed by atoms with Gasteiger partial charge >= 0.3 is 0 Å². The average Bonchev–Trinajstić information content (AvgIpc) is 2.86. The van der Waals surface area contributed by atoms with Gasteiger partial charge in [-0.1, -0.05) is 25.8 Å². The number of nitro groups is 1. The molecular formula is C18H21N3O5. The molecule has 0 saturated heterocycles. The number of nitrogens with one attached hydrogen (secondary N) is 1. The molecule has 0 spiro atoms. The zero-order chi connectivity index (χ0) is 18.8. The summed E-state index contributed by atoms with van der Waals surface area (Å²) in [5.74, 6) is -1.10. The number of nitrogens with zero attached hydrogens (tertiary/aromatic N) is 2. The number of carbonyl (C=O) groups is 3. The standard InChI is InChI=1S/C18H21N3O5/c1-11-5-2-3-7-13(11)19-15(22)9-10-20-17(23)12-6-4-8-14(21(25)26)16(12)18(20)24/h4,6,8,11,13H,2-3,5,7,9-10H2,1H3,(H,19,22). The summed E-state index contributed by atoms with van der Waals surface area (Å²) in [6.07, 6.45) is 4.25. The van der Waals surface area contributed by atoms with Gasteiger partial charge in [-0.05, 0) is 24.8 Å². The highest BCUT2D eigenvalue weighted by Gasteiger charge is 2.40. The van der Waals surface area contributed by atoms with E-state index >= 15 is 0 Å². The van der Waals surface area contributed by atoms with Crippen molar-refractivity contribution in [1.29, 1.82) is 0 Å². The van der Waals surface area contributed by atoms with E-state index < -0.39 is 16.7 Å². The zero-order valence-corrected chi connectivity index (χ0v) is 14.6. The highest BCUT2D eigenvalue weighted by Crippen LogP contribution is 2.30. The minimum atomic E-state index is -0.712. The summed E-state index contributed by atoms with van der Waals surface area (Å²) in [4.78, 5) is 48.4. The maximum Gasteiger partial charge on any atom is 0.282 e. The molecule has 0 radical (unpaired) electrons. The predicted molar refractivity (Wildman–Crippen MR) is 92.6 cm³/mol. The molecule has 1 aromatic carbocycles. The number of rotatable bonds is 5. The van der Waals surface area contributed by atoms with Gasteiger partial charge in [-0.25, -0.2) is 0 Å². The first-order valence-electron chi connectivity index (χ1n) is 8.83. The first-order valence-corrected chi connectivity index (χ1v) is 8.83. The van der Waals surface area contributed by atoms with Crippen LogP contribution < -0.4 is 5.32 Å². The van der Waals surface area contributed by atoms with E-state index in [0.717, 1.165) is 24.2 Å². The van der Waals surface area contributed by atoms with E-state index in [1.807, 2.05) is 0 Å². The molecule has 1 aromatic rings. The van der Waals surface area contributed by atoms with Crippen LogP contribution in [0.4, 0.5) is 5.69 Å². The van der Waals surface area contributed by atoms with E-state index in [-0.39, 0.29) is 41.7 Å². The van der Waals surface area contributed by atoms with Gasteiger partial charge in [0.15, 0.2) is 0 Å². The lowest BCUT2D eigenvalue weighted by Crippen LogP contribution is -2.42. The van der Waals surface area contributed by atoms with Crippen molar-refractivity contribution in [2.75, 3.05) is 6.54 Å². The van der Waals surface area contributed by atoms with Crippen LogP contribution in [0, 0.1) is 16.0 Å². The minimum absolute atomic E-state index is 0.0114. The van der Waals surface area contributed by atoms with Crippen LogP contribution in [0.5, 0.6) is 0 Å². The van der Waals surface area contributed by atoms with Crippen LogP contribution in [-0.4, -0.2) is 40.1 Å². The molecule has 1 aliphatic heterocycles. The smallest absolute Gasteiger partial charge is 0.282 e. The average molecular weight is 359 g/mol. The Morgan fingerprint density at radius 3 is 2.69 bits per heavy atom. The summed E-state index contributed by atoms with van der Waals surface area (Å²) in [6, 6.07) is 4.10. The van der Waals surface area contributed by atoms with Crippen molar-refractivity contribution in [3.8, 4) is 0 Å². The molecule has 2 atom stereocenters. The van der Waals surface area contributed by atoms with E-state index in [1.165, 1.54) is 24.6 Å². The van der Waals surface area contributed by atoms with Crippen molar-refractivity contribution in [2.45, 2.75) is 45.1 Å². The Labute approximate surface area is 150 Å². The summed E-state index contributed by atoms with van der Waals surface area (Å²) < 4.78 is 0. The number of fused-ring (bicyclic) bond motifs is 1. The minimum Gasteiger partial charge on any atom is -0.353 e. The first kappa shape index (κ1) is 18.0. The SMILES string of the molecule is CC1CCCCC1NC(=O)CCN1C(=O)c2cccc([N+](=O)[O-])c2C1=O. The van der Waals surface area contributed by atoms with Crippen molar-refractivity contribution in [2.24, 2.45) is 5.92 Å². The van der Waals surface area contributed by atoms with Gasteiger partial charge in [0.2, 0.25) is 5.91 Å². The monoisotopic (exact) mass is 359 g/mol. The van der Waals surface area contributed by atoms with Crippen molar-refractivity contribution in [3.63, 3.8) is 0 Å². The van der Waals surface area contributed by atoms with Crippen LogP contribution in [0.25, 0.3) is 0 Å². The predicted octanol–water partition coefficient (Wildman–Crippen LogP) is 2.28. The van der Waals surface area contributed by atoms with E-state index in [1.54, 1.807) is 0 Å². The molecule has 1 N–H and O–H groups in total. The fourth-order valence-corrected chi connectivity index (χ4v) is 3.69. The van der Waals surface area contributed by atoms with Crippen molar-refractivity contribution in [3.05, 3.63) is 39.4 Å². The van der Waals surface area contributed by atoms with Crippen molar-refractivity contribution < 1.29 is 19.3 Å². The quantitative estimate of drug-likeness (QED) is 0.493. The molecule has 1 fully saturated rings. The van der Waals surface area contributed by atoms with Gasteiger partial charge in [-0.2, -0.15) is 0 Å². The fourth-order valence-electron chi connectivity index (χ4n) is 3.69. The number of amides is 3. The van der Waals surface area contributed by atoms with Gasteiger partial charge in [0.1, 0.15) is 5.56 Å². The molecule has 26 heavy (non-hydrogen) atoms. The molecule has 1 aliphatic carbocycles. The third-order valence-electron chi connectivity index (χ3n) is 5.19. The number of hydrogen-bond acceptors (Lipinski definition) is 5. The molecular weight excluding hydrogens is 338 g/mol. The second-order valence-electron chi connectivity index (χ2n) is 6.90. The lowest BCUT2D eigenvalue weighted by atomic mass is 9.86. The largest absolute Gasteiger partial charge is 0.353 e. The molecule has 1 saturated carbocycles. The summed E-state index contributed by atoms with van der Waals surface area (Å²) >= 11 is 0. The lowest BCUT2D eigenvalue weighted by molar-refractivity contribution is -0.385. The Kier molecular flexibility index (Phi) is 5.01. The molecule has 3 amide bonds. The molecule has 8 nitrogen and oxygen atoms in total. The maximum atomic E-state index is 12.5. The van der Waals surface area contributed by atoms with E-state index in [4.69, 9.17) is 0 Å². The van der Waals surface area contributed by atoms with E-state index in [9.17, 15) is 24.5 Å². The molecule has 8 heteroatoms. The van der Waals surface area contributed by atoms with Gasteiger partial charge in [0.05, 0.1) is 10.5 Å². The number of benzene rings is 1. The number of hydrogen-bond donors (Lipinski definition) is 1. The molecule has 3 rings (SSSR count). The van der Waals surface area contributed by atoms with Gasteiger partial charge in [0.25, 0.3) is 17.5 Å². The first-order chi connectivity index (χ1) is 12.4. The van der Waals surface area contributed by atoms with E-state index in [0.29, 0.717) is 5.92 Å². The zero-order valence-electron chi connectivity index (χ0n) is 14.6. The molecule has 0 aromatic heterocycles. The third kappa shape index (κ3) is 3.31. The van der Waals surface area contributed by atoms with Crippen LogP contribution in [-0.2, 0) is 4.79 Å². The summed E-state index contributed by atoms with van der Waals surface area (Å²) in [5, 5.41) is 14.1. The van der Waals surface area contributed by atoms with Gasteiger partial charge < -0.3 is 5.32 Å². The summed E-state index contributed by atoms with van der Waals surface area (Å²) in [5.41, 5.74) is -0.557. The van der Waals surface area contributed by atoms with Gasteiger partial charge in [0, 0.05) is 25.1 Å². The molecule has 2 unspecified atom stereocenters. The van der Waals surface area contributed by atoms with Crippen molar-refractivity contribution >= 4 is 23.4 Å². The Balaban J connectivity index is 1.65. The normalized spacial score (nSPS) is 22.3. The number of carbonyl (C=O) groups excluding carboxylic acids is 3. The van der Waals surface area contributed by atoms with Crippen molar-refractivity contribution in [1.82, 2.24) is 10.2 Å². The second kappa shape index (κ2) is 7.23. The topological polar surface area (TPSA) is 110 Å².